The summed E-state index contributed by atoms with van der Waals surface area (Å²) in [7, 11) is 0. The summed E-state index contributed by atoms with van der Waals surface area (Å²) in [5.74, 6) is -0.913. The molecule has 1 saturated heterocycles. The van der Waals surface area contributed by atoms with E-state index in [-0.39, 0.29) is 6.03 Å². The van der Waals surface area contributed by atoms with Crippen molar-refractivity contribution in [3.8, 4) is 0 Å². The highest BCUT2D eigenvalue weighted by molar-refractivity contribution is 7.15. The Bertz CT molecular complexity index is 538. The van der Waals surface area contributed by atoms with Crippen molar-refractivity contribution in [3.63, 3.8) is 0 Å². The number of likely N-dealkylation sites (tertiary alicyclic amines) is 1. The highest BCUT2D eigenvalue weighted by Crippen LogP contribution is 2.35. The Kier molecular flexibility index (Phi) is 4.51. The monoisotopic (exact) mass is 311 g/mol. The van der Waals surface area contributed by atoms with Crippen molar-refractivity contribution < 1.29 is 14.7 Å². The van der Waals surface area contributed by atoms with E-state index in [1.165, 1.54) is 16.2 Å². The number of hydrogen-bond donors (Lipinski definition) is 2. The third-order valence-corrected chi connectivity index (χ3v) is 5.03. The van der Waals surface area contributed by atoms with Crippen molar-refractivity contribution in [3.05, 3.63) is 10.6 Å². The molecule has 1 aliphatic heterocycles. The minimum absolute atomic E-state index is 0.364. The fourth-order valence-corrected chi connectivity index (χ4v) is 3.67. The highest BCUT2D eigenvalue weighted by atomic mass is 32.1. The van der Waals surface area contributed by atoms with Crippen molar-refractivity contribution >= 4 is 28.5 Å². The molecule has 0 radical (unpaired) electrons. The lowest BCUT2D eigenvalue weighted by atomic mass is 9.91. The van der Waals surface area contributed by atoms with E-state index in [4.69, 9.17) is 0 Å². The maximum Gasteiger partial charge on any atom is 0.329 e. The summed E-state index contributed by atoms with van der Waals surface area (Å²) in [4.78, 5) is 30.9. The first-order valence-corrected chi connectivity index (χ1v) is 7.98. The maximum absolute atomic E-state index is 12.4. The molecular weight excluding hydrogens is 290 g/mol. The van der Waals surface area contributed by atoms with E-state index in [1.54, 1.807) is 0 Å². The van der Waals surface area contributed by atoms with Crippen LogP contribution in [-0.2, 0) is 4.79 Å². The molecule has 1 aromatic heterocycles. The second-order valence-corrected chi connectivity index (χ2v) is 6.64. The smallest absolute Gasteiger partial charge is 0.329 e. The molecule has 0 spiro atoms. The summed E-state index contributed by atoms with van der Waals surface area (Å²) < 4.78 is 0. The number of aryl methyl sites for hydroxylation is 2. The van der Waals surface area contributed by atoms with Gasteiger partial charge in [-0.25, -0.2) is 14.6 Å². The Morgan fingerprint density at radius 2 is 2.19 bits per heavy atom. The van der Waals surface area contributed by atoms with Crippen LogP contribution in [0.2, 0.25) is 0 Å². The van der Waals surface area contributed by atoms with Crippen molar-refractivity contribution in [2.24, 2.45) is 0 Å². The molecule has 1 aromatic rings. The van der Waals surface area contributed by atoms with Crippen LogP contribution < -0.4 is 5.32 Å². The standard InChI is InChI=1S/C14H21N3O3S/c1-4-6-14(11(18)19)7-5-8-17(14)13(20)16-12-15-9(2)10(3)21-12/h4-8H2,1-3H3,(H,18,19)(H,15,16,20). The molecule has 2 N–H and O–H groups in total. The van der Waals surface area contributed by atoms with Crippen LogP contribution >= 0.6 is 11.3 Å². The van der Waals surface area contributed by atoms with E-state index in [2.05, 4.69) is 10.3 Å². The van der Waals surface area contributed by atoms with Gasteiger partial charge in [-0.15, -0.1) is 11.3 Å². The first-order valence-electron chi connectivity index (χ1n) is 7.16. The molecule has 21 heavy (non-hydrogen) atoms. The Hall–Kier alpha value is -1.63. The summed E-state index contributed by atoms with van der Waals surface area (Å²) in [6.07, 6.45) is 2.44. The molecule has 2 rings (SSSR count). The zero-order chi connectivity index (χ0) is 15.6. The minimum Gasteiger partial charge on any atom is -0.479 e. The number of carbonyl (C=O) groups is 2. The summed E-state index contributed by atoms with van der Waals surface area (Å²) in [5.41, 5.74) is -0.185. The number of amides is 2. The van der Waals surface area contributed by atoms with Crippen LogP contribution in [0.4, 0.5) is 9.93 Å². The van der Waals surface area contributed by atoms with Crippen molar-refractivity contribution in [2.45, 2.75) is 52.0 Å². The normalized spacial score (nSPS) is 21.6. The number of carboxylic acids is 1. The van der Waals surface area contributed by atoms with Crippen molar-refractivity contribution in [1.82, 2.24) is 9.88 Å². The number of nitrogens with zero attached hydrogens (tertiary/aromatic N) is 2. The molecule has 0 saturated carbocycles. The lowest BCUT2D eigenvalue weighted by Gasteiger charge is -2.34. The van der Waals surface area contributed by atoms with Gasteiger partial charge >= 0.3 is 12.0 Å². The second kappa shape index (κ2) is 6.01. The zero-order valence-electron chi connectivity index (χ0n) is 12.6. The molecule has 2 amide bonds. The van der Waals surface area contributed by atoms with Crippen LogP contribution in [0.25, 0.3) is 0 Å². The number of aliphatic carboxylic acids is 1. The Labute approximate surface area is 128 Å². The van der Waals surface area contributed by atoms with E-state index in [0.29, 0.717) is 24.5 Å². The second-order valence-electron chi connectivity index (χ2n) is 5.43. The minimum atomic E-state index is -1.07. The number of aromatic nitrogens is 1. The van der Waals surface area contributed by atoms with E-state index in [9.17, 15) is 14.7 Å². The number of thiazole rings is 1. The molecule has 7 heteroatoms. The van der Waals surface area contributed by atoms with Crippen LogP contribution in [0, 0.1) is 13.8 Å². The van der Waals surface area contributed by atoms with Gasteiger partial charge in [-0.05, 0) is 33.1 Å². The van der Waals surface area contributed by atoms with Gasteiger partial charge in [-0.3, -0.25) is 5.32 Å². The van der Waals surface area contributed by atoms with Gasteiger partial charge in [0, 0.05) is 11.4 Å². The first-order chi connectivity index (χ1) is 9.90. The SMILES string of the molecule is CCCC1(C(=O)O)CCCN1C(=O)Nc1nc(C)c(C)s1. The molecular formula is C14H21N3O3S. The number of carboxylic acid groups (broad SMARTS) is 1. The molecule has 0 bridgehead atoms. The maximum atomic E-state index is 12.4. The van der Waals surface area contributed by atoms with E-state index in [0.717, 1.165) is 23.4 Å². The summed E-state index contributed by atoms with van der Waals surface area (Å²) in [6.45, 7) is 6.24. The molecule has 0 aliphatic carbocycles. The van der Waals surface area contributed by atoms with Crippen LogP contribution in [-0.4, -0.2) is 39.1 Å². The van der Waals surface area contributed by atoms with Crippen LogP contribution in [0.15, 0.2) is 0 Å². The van der Waals surface area contributed by atoms with E-state index < -0.39 is 11.5 Å². The average molecular weight is 311 g/mol. The lowest BCUT2D eigenvalue weighted by Crippen LogP contribution is -2.54. The molecule has 1 aliphatic rings. The topological polar surface area (TPSA) is 82.5 Å². The first kappa shape index (κ1) is 15.8. The predicted octanol–water partition coefficient (Wildman–Crippen LogP) is 3.01. The Balaban J connectivity index is 2.18. The number of nitrogens with one attached hydrogen (secondary N) is 1. The third-order valence-electron chi connectivity index (χ3n) is 4.04. The Morgan fingerprint density at radius 3 is 2.71 bits per heavy atom. The van der Waals surface area contributed by atoms with Gasteiger partial charge in [-0.1, -0.05) is 13.3 Å². The average Bonchev–Trinajstić information content (AvgIpc) is 2.95. The summed E-state index contributed by atoms with van der Waals surface area (Å²) >= 11 is 1.41. The van der Waals surface area contributed by atoms with Gasteiger partial charge in [0.2, 0.25) is 0 Å². The van der Waals surface area contributed by atoms with Gasteiger partial charge in [0.1, 0.15) is 5.54 Å². The molecule has 1 unspecified atom stereocenters. The highest BCUT2D eigenvalue weighted by Gasteiger charge is 2.49. The van der Waals surface area contributed by atoms with Crippen LogP contribution in [0.3, 0.4) is 0 Å². The fourth-order valence-electron chi connectivity index (χ4n) is 2.86. The number of urea groups is 1. The quantitative estimate of drug-likeness (QED) is 0.895. The van der Waals surface area contributed by atoms with Crippen LogP contribution in [0.5, 0.6) is 0 Å². The van der Waals surface area contributed by atoms with Crippen molar-refractivity contribution in [1.29, 1.82) is 0 Å². The van der Waals surface area contributed by atoms with E-state index in [1.807, 2.05) is 20.8 Å². The lowest BCUT2D eigenvalue weighted by molar-refractivity contribution is -0.148. The largest absolute Gasteiger partial charge is 0.479 e. The molecule has 1 fully saturated rings. The van der Waals surface area contributed by atoms with Gasteiger partial charge in [-0.2, -0.15) is 0 Å². The fraction of sp³-hybridized carbons (Fsp3) is 0.643. The molecule has 0 aromatic carbocycles. The molecule has 116 valence electrons. The zero-order valence-corrected chi connectivity index (χ0v) is 13.4. The van der Waals surface area contributed by atoms with Gasteiger partial charge in [0.25, 0.3) is 0 Å². The van der Waals surface area contributed by atoms with E-state index >= 15 is 0 Å². The number of carbonyl (C=O) groups excluding carboxylic acids is 1. The molecule has 6 nitrogen and oxygen atoms in total. The summed E-state index contributed by atoms with van der Waals surface area (Å²) in [5, 5.41) is 12.9. The number of hydrogen-bond acceptors (Lipinski definition) is 4. The molecule has 2 heterocycles. The number of rotatable bonds is 4. The van der Waals surface area contributed by atoms with Gasteiger partial charge < -0.3 is 10.0 Å². The summed E-state index contributed by atoms with van der Waals surface area (Å²) in [6, 6.07) is -0.364. The molecule has 1 atom stereocenters. The van der Waals surface area contributed by atoms with Crippen molar-refractivity contribution in [2.75, 3.05) is 11.9 Å². The number of anilines is 1. The van der Waals surface area contributed by atoms with Crippen LogP contribution in [0.1, 0.15) is 43.2 Å². The predicted molar refractivity (Wildman–Crippen MR) is 81.8 cm³/mol. The van der Waals surface area contributed by atoms with Gasteiger partial charge in [0.05, 0.1) is 5.69 Å². The van der Waals surface area contributed by atoms with Gasteiger partial charge in [0.15, 0.2) is 5.13 Å². The third kappa shape index (κ3) is 2.88. The Morgan fingerprint density at radius 1 is 1.48 bits per heavy atom.